The maximum atomic E-state index is 10.7. The van der Waals surface area contributed by atoms with Gasteiger partial charge in [0.25, 0.3) is 0 Å². The number of hydrogen-bond donors (Lipinski definition) is 1. The molecule has 0 amide bonds. The lowest BCUT2D eigenvalue weighted by atomic mass is 10.3. The molecule has 88 valence electrons. The fraction of sp³-hybridized carbons (Fsp3) is 0.200. The van der Waals surface area contributed by atoms with Gasteiger partial charge in [0, 0.05) is 31.7 Å². The van der Waals surface area contributed by atoms with Crippen LogP contribution < -0.4 is 5.32 Å². The van der Waals surface area contributed by atoms with Crippen molar-refractivity contribution in [2.45, 2.75) is 6.54 Å². The van der Waals surface area contributed by atoms with E-state index in [-0.39, 0.29) is 5.69 Å². The second-order valence-corrected chi connectivity index (χ2v) is 3.38. The van der Waals surface area contributed by atoms with E-state index in [0.717, 1.165) is 0 Å². The summed E-state index contributed by atoms with van der Waals surface area (Å²) < 4.78 is 1.89. The van der Waals surface area contributed by atoms with Gasteiger partial charge in [-0.15, -0.1) is 0 Å². The van der Waals surface area contributed by atoms with E-state index in [1.165, 1.54) is 12.4 Å². The van der Waals surface area contributed by atoms with Crippen LogP contribution in [-0.2, 0) is 6.54 Å². The van der Waals surface area contributed by atoms with Crippen LogP contribution in [0.2, 0.25) is 0 Å². The van der Waals surface area contributed by atoms with Crippen molar-refractivity contribution in [2.24, 2.45) is 0 Å². The summed E-state index contributed by atoms with van der Waals surface area (Å²) in [5, 5.41) is 13.7. The first-order chi connectivity index (χ1) is 8.27. The molecule has 0 aromatic carbocycles. The molecule has 0 saturated carbocycles. The maximum Gasteiger partial charge on any atom is 0.310 e. The second kappa shape index (κ2) is 5.06. The highest BCUT2D eigenvalue weighted by Crippen LogP contribution is 2.21. The summed E-state index contributed by atoms with van der Waals surface area (Å²) in [7, 11) is 0. The Hall–Kier alpha value is -2.44. The number of nitro groups is 1. The topological polar surface area (TPSA) is 85.9 Å². The van der Waals surface area contributed by atoms with Gasteiger partial charge in [-0.05, 0) is 6.07 Å². The molecular weight excluding hydrogens is 222 g/mol. The third-order valence-corrected chi connectivity index (χ3v) is 2.24. The van der Waals surface area contributed by atoms with E-state index in [4.69, 9.17) is 0 Å². The number of rotatable bonds is 5. The first kappa shape index (κ1) is 11.1. The summed E-state index contributed by atoms with van der Waals surface area (Å²) >= 11 is 0. The third kappa shape index (κ3) is 2.77. The Labute approximate surface area is 97.3 Å². The highest BCUT2D eigenvalue weighted by Gasteiger charge is 2.12. The molecule has 0 aliphatic heterocycles. The van der Waals surface area contributed by atoms with E-state index < -0.39 is 4.92 Å². The summed E-state index contributed by atoms with van der Waals surface area (Å²) in [5.41, 5.74) is 0.461. The van der Waals surface area contributed by atoms with Crippen LogP contribution in [-0.4, -0.2) is 26.0 Å². The molecule has 0 radical (unpaired) electrons. The minimum absolute atomic E-state index is 0.0156. The monoisotopic (exact) mass is 233 g/mol. The predicted molar refractivity (Wildman–Crippen MR) is 61.6 cm³/mol. The van der Waals surface area contributed by atoms with Crippen molar-refractivity contribution in [1.82, 2.24) is 14.5 Å². The predicted octanol–water partition coefficient (Wildman–Crippen LogP) is 1.30. The molecule has 17 heavy (non-hydrogen) atoms. The van der Waals surface area contributed by atoms with Gasteiger partial charge in [0.05, 0.1) is 11.3 Å². The van der Waals surface area contributed by atoms with Gasteiger partial charge < -0.3 is 9.88 Å². The number of imidazole rings is 1. The molecule has 2 heterocycles. The summed E-state index contributed by atoms with van der Waals surface area (Å²) in [4.78, 5) is 17.9. The van der Waals surface area contributed by atoms with E-state index in [1.807, 2.05) is 10.8 Å². The molecule has 7 nitrogen and oxygen atoms in total. The largest absolute Gasteiger partial charge is 0.378 e. The third-order valence-electron chi connectivity index (χ3n) is 2.24. The van der Waals surface area contributed by atoms with Crippen LogP contribution in [0.5, 0.6) is 0 Å². The van der Waals surface area contributed by atoms with Gasteiger partial charge in [0.2, 0.25) is 0 Å². The molecule has 0 aliphatic carbocycles. The molecule has 1 N–H and O–H groups in total. The molecule has 0 saturated heterocycles. The fourth-order valence-corrected chi connectivity index (χ4v) is 1.42. The van der Waals surface area contributed by atoms with Crippen LogP contribution in [0.15, 0.2) is 37.2 Å². The summed E-state index contributed by atoms with van der Waals surface area (Å²) in [5.74, 6) is 0. The SMILES string of the molecule is O=[N+]([O-])c1cnccc1NCCn1ccnc1. The van der Waals surface area contributed by atoms with Crippen LogP contribution >= 0.6 is 0 Å². The van der Waals surface area contributed by atoms with Crippen molar-refractivity contribution in [3.05, 3.63) is 47.3 Å². The van der Waals surface area contributed by atoms with Crippen molar-refractivity contribution in [3.8, 4) is 0 Å². The Kier molecular flexibility index (Phi) is 3.29. The highest BCUT2D eigenvalue weighted by atomic mass is 16.6. The number of hydrogen-bond acceptors (Lipinski definition) is 5. The minimum atomic E-state index is -0.452. The molecule has 0 spiro atoms. The summed E-state index contributed by atoms with van der Waals surface area (Å²) in [6.07, 6.45) is 7.98. The van der Waals surface area contributed by atoms with Gasteiger partial charge >= 0.3 is 5.69 Å². The van der Waals surface area contributed by atoms with E-state index in [9.17, 15) is 10.1 Å². The van der Waals surface area contributed by atoms with Gasteiger partial charge in [0.1, 0.15) is 11.9 Å². The van der Waals surface area contributed by atoms with Crippen molar-refractivity contribution in [1.29, 1.82) is 0 Å². The molecule has 0 atom stereocenters. The number of nitrogens with one attached hydrogen (secondary N) is 1. The molecule has 0 fully saturated rings. The van der Waals surface area contributed by atoms with Gasteiger partial charge in [-0.1, -0.05) is 0 Å². The molecule has 0 aliphatic rings. The second-order valence-electron chi connectivity index (χ2n) is 3.38. The van der Waals surface area contributed by atoms with Gasteiger partial charge in [-0.25, -0.2) is 4.98 Å². The quantitative estimate of drug-likeness (QED) is 0.621. The lowest BCUT2D eigenvalue weighted by molar-refractivity contribution is -0.384. The normalized spacial score (nSPS) is 10.1. The van der Waals surface area contributed by atoms with Gasteiger partial charge in [0.15, 0.2) is 0 Å². The van der Waals surface area contributed by atoms with Crippen LogP contribution in [0.25, 0.3) is 0 Å². The number of pyridine rings is 1. The van der Waals surface area contributed by atoms with Crippen molar-refractivity contribution < 1.29 is 4.92 Å². The van der Waals surface area contributed by atoms with E-state index in [1.54, 1.807) is 18.6 Å². The zero-order valence-electron chi connectivity index (χ0n) is 8.98. The number of anilines is 1. The number of aromatic nitrogens is 3. The van der Waals surface area contributed by atoms with Crippen molar-refractivity contribution in [2.75, 3.05) is 11.9 Å². The minimum Gasteiger partial charge on any atom is -0.378 e. The average molecular weight is 233 g/mol. The zero-order chi connectivity index (χ0) is 12.1. The van der Waals surface area contributed by atoms with Crippen LogP contribution in [0.1, 0.15) is 0 Å². The molecule has 2 aromatic rings. The Balaban J connectivity index is 1.97. The maximum absolute atomic E-state index is 10.7. The summed E-state index contributed by atoms with van der Waals surface area (Å²) in [6.45, 7) is 1.28. The highest BCUT2D eigenvalue weighted by molar-refractivity contribution is 5.59. The molecule has 0 bridgehead atoms. The smallest absolute Gasteiger partial charge is 0.310 e. The number of nitrogens with zero attached hydrogens (tertiary/aromatic N) is 4. The van der Waals surface area contributed by atoms with Crippen LogP contribution in [0.3, 0.4) is 0 Å². The molecule has 7 heteroatoms. The first-order valence-corrected chi connectivity index (χ1v) is 5.05. The Morgan fingerprint density at radius 3 is 3.00 bits per heavy atom. The molecule has 0 unspecified atom stereocenters. The van der Waals surface area contributed by atoms with Crippen LogP contribution in [0.4, 0.5) is 11.4 Å². The van der Waals surface area contributed by atoms with E-state index in [0.29, 0.717) is 18.8 Å². The van der Waals surface area contributed by atoms with E-state index >= 15 is 0 Å². The standard InChI is InChI=1S/C10H11N5O2/c16-15(17)10-7-11-2-1-9(10)13-4-6-14-5-3-12-8-14/h1-3,5,7-8H,4,6H2,(H,11,13). The first-order valence-electron chi connectivity index (χ1n) is 5.05. The summed E-state index contributed by atoms with van der Waals surface area (Å²) in [6, 6.07) is 1.59. The Morgan fingerprint density at radius 1 is 1.41 bits per heavy atom. The van der Waals surface area contributed by atoms with Gasteiger partial charge in [-0.2, -0.15) is 0 Å². The van der Waals surface area contributed by atoms with E-state index in [2.05, 4.69) is 15.3 Å². The fourth-order valence-electron chi connectivity index (χ4n) is 1.42. The lowest BCUT2D eigenvalue weighted by Gasteiger charge is -2.06. The van der Waals surface area contributed by atoms with Crippen LogP contribution in [0, 0.1) is 10.1 Å². The molecule has 2 aromatic heterocycles. The zero-order valence-corrected chi connectivity index (χ0v) is 8.98. The average Bonchev–Trinajstić information content (AvgIpc) is 2.82. The molecular formula is C10H11N5O2. The Morgan fingerprint density at radius 2 is 2.29 bits per heavy atom. The van der Waals surface area contributed by atoms with Crippen molar-refractivity contribution in [3.63, 3.8) is 0 Å². The molecule has 2 rings (SSSR count). The lowest BCUT2D eigenvalue weighted by Crippen LogP contribution is -2.10. The van der Waals surface area contributed by atoms with Gasteiger partial charge in [-0.3, -0.25) is 15.1 Å². The van der Waals surface area contributed by atoms with Crippen molar-refractivity contribution >= 4 is 11.4 Å². The Bertz CT molecular complexity index is 497.